The van der Waals surface area contributed by atoms with Gasteiger partial charge in [0, 0.05) is 21.2 Å². The summed E-state index contributed by atoms with van der Waals surface area (Å²) < 4.78 is 1.12. The number of anilines is 3. The summed E-state index contributed by atoms with van der Waals surface area (Å²) in [5.41, 5.74) is 10.8. The topological polar surface area (TPSA) is 3.24 Å². The Morgan fingerprint density at radius 1 is 0.409 bits per heavy atom. The molecule has 0 bridgehead atoms. The molecule has 8 rings (SSSR count). The zero-order valence-corrected chi connectivity index (χ0v) is 26.3. The molecule has 0 saturated heterocycles. The first-order chi connectivity index (χ1) is 21.6. The Bertz CT molecular complexity index is 2220. The van der Waals surface area contributed by atoms with E-state index in [0.29, 0.717) is 0 Å². The molecule has 0 fully saturated rings. The fraction of sp³-hybridized carbons (Fsp3) is 0.0476. The van der Waals surface area contributed by atoms with Crippen molar-refractivity contribution < 1.29 is 0 Å². The normalized spacial score (nSPS) is 11.5. The number of benzene rings is 8. The van der Waals surface area contributed by atoms with Crippen LogP contribution in [0.25, 0.3) is 54.6 Å². The van der Waals surface area contributed by atoms with Gasteiger partial charge < -0.3 is 4.90 Å². The zero-order chi connectivity index (χ0) is 29.8. The molecule has 0 aliphatic carbocycles. The predicted octanol–water partition coefficient (Wildman–Crippen LogP) is 12.8. The summed E-state index contributed by atoms with van der Waals surface area (Å²) in [6.45, 7) is 4.45. The van der Waals surface area contributed by atoms with Crippen molar-refractivity contribution in [3.05, 3.63) is 161 Å². The van der Waals surface area contributed by atoms with Gasteiger partial charge in [-0.25, -0.2) is 0 Å². The largest absolute Gasteiger partial charge is 0.309 e. The molecular weight excluding hydrogens is 598 g/mol. The summed E-state index contributed by atoms with van der Waals surface area (Å²) in [4.78, 5) is 2.49. The monoisotopic (exact) mass is 627 g/mol. The van der Waals surface area contributed by atoms with E-state index in [0.717, 1.165) is 4.47 Å². The Labute approximate surface area is 266 Å². The highest BCUT2D eigenvalue weighted by Gasteiger charge is 2.22. The molecule has 8 aromatic rings. The molecule has 1 nitrogen and oxygen atoms in total. The number of aryl methyl sites for hydroxylation is 2. The molecule has 0 aliphatic heterocycles. The summed E-state index contributed by atoms with van der Waals surface area (Å²) in [6.07, 6.45) is 0. The van der Waals surface area contributed by atoms with Crippen LogP contribution in [-0.2, 0) is 0 Å². The van der Waals surface area contributed by atoms with Crippen LogP contribution in [0.4, 0.5) is 17.1 Å². The minimum atomic E-state index is 1.12. The van der Waals surface area contributed by atoms with Crippen LogP contribution in [0, 0.1) is 13.8 Å². The molecule has 8 aromatic carbocycles. The van der Waals surface area contributed by atoms with E-state index in [9.17, 15) is 0 Å². The molecular formula is C42H30BrN. The quantitative estimate of drug-likeness (QED) is 0.171. The van der Waals surface area contributed by atoms with Crippen LogP contribution in [-0.4, -0.2) is 0 Å². The van der Waals surface area contributed by atoms with Gasteiger partial charge in [0.05, 0.1) is 5.69 Å². The lowest BCUT2D eigenvalue weighted by molar-refractivity contribution is 1.24. The van der Waals surface area contributed by atoms with Crippen molar-refractivity contribution in [1.82, 2.24) is 0 Å². The third kappa shape index (κ3) is 4.37. The summed E-state index contributed by atoms with van der Waals surface area (Å²) in [5, 5.41) is 7.61. The standard InChI is InChI=1S/C42H30BrN/c1-27-13-15-33(29-9-5-3-6-10-29)25-39(27)44(40-26-34(16-14-28(40)2)30-11-7-4-8-12-30)38-24-20-32-17-21-35-37(43)23-19-31-18-22-36(38)42(32)41(31)35/h3-26H,1-2H3. The molecule has 0 amide bonds. The van der Waals surface area contributed by atoms with Crippen LogP contribution >= 0.6 is 15.9 Å². The molecule has 0 unspecified atom stereocenters. The molecule has 210 valence electrons. The van der Waals surface area contributed by atoms with Crippen molar-refractivity contribution in [3.63, 3.8) is 0 Å². The highest BCUT2D eigenvalue weighted by molar-refractivity contribution is 9.10. The number of halogens is 1. The van der Waals surface area contributed by atoms with E-state index in [4.69, 9.17) is 0 Å². The molecule has 44 heavy (non-hydrogen) atoms. The molecule has 0 saturated carbocycles. The van der Waals surface area contributed by atoms with E-state index in [1.807, 2.05) is 0 Å². The van der Waals surface area contributed by atoms with E-state index in [1.54, 1.807) is 0 Å². The minimum absolute atomic E-state index is 1.12. The zero-order valence-electron chi connectivity index (χ0n) is 24.7. The van der Waals surface area contributed by atoms with E-state index < -0.39 is 0 Å². The van der Waals surface area contributed by atoms with Gasteiger partial charge in [0.2, 0.25) is 0 Å². The third-order valence-corrected chi connectivity index (χ3v) is 9.64. The second-order valence-electron chi connectivity index (χ2n) is 11.6. The van der Waals surface area contributed by atoms with Gasteiger partial charge >= 0.3 is 0 Å². The third-order valence-electron chi connectivity index (χ3n) is 8.94. The number of rotatable bonds is 5. The molecule has 0 N–H and O–H groups in total. The lowest BCUT2D eigenvalue weighted by atomic mass is 9.92. The van der Waals surface area contributed by atoms with Crippen molar-refractivity contribution in [1.29, 1.82) is 0 Å². The van der Waals surface area contributed by atoms with Crippen LogP contribution in [0.1, 0.15) is 11.1 Å². The number of hydrogen-bond acceptors (Lipinski definition) is 1. The second-order valence-corrected chi connectivity index (χ2v) is 12.5. The molecule has 0 radical (unpaired) electrons. The first-order valence-electron chi connectivity index (χ1n) is 15.0. The SMILES string of the molecule is Cc1ccc(-c2ccccc2)cc1N(c1cc(-c2ccccc2)ccc1C)c1ccc2ccc3c(Br)ccc4ccc1c2c43. The highest BCUT2D eigenvalue weighted by Crippen LogP contribution is 2.47. The maximum Gasteiger partial charge on any atom is 0.0540 e. The lowest BCUT2D eigenvalue weighted by Crippen LogP contribution is -2.13. The Hall–Kier alpha value is -4.92. The van der Waals surface area contributed by atoms with Gasteiger partial charge in [-0.2, -0.15) is 0 Å². The van der Waals surface area contributed by atoms with Crippen molar-refractivity contribution in [2.75, 3.05) is 4.90 Å². The van der Waals surface area contributed by atoms with E-state index in [1.165, 1.54) is 82.8 Å². The van der Waals surface area contributed by atoms with Crippen LogP contribution in [0.5, 0.6) is 0 Å². The average Bonchev–Trinajstić information content (AvgIpc) is 3.07. The van der Waals surface area contributed by atoms with Gasteiger partial charge in [-0.3, -0.25) is 0 Å². The summed E-state index contributed by atoms with van der Waals surface area (Å²) in [7, 11) is 0. The predicted molar refractivity (Wildman–Crippen MR) is 193 cm³/mol. The van der Waals surface area contributed by atoms with Crippen molar-refractivity contribution in [3.8, 4) is 22.3 Å². The second kappa shape index (κ2) is 10.7. The van der Waals surface area contributed by atoms with Crippen molar-refractivity contribution in [2.45, 2.75) is 13.8 Å². The Balaban J connectivity index is 1.45. The van der Waals surface area contributed by atoms with E-state index in [2.05, 4.69) is 180 Å². The van der Waals surface area contributed by atoms with E-state index >= 15 is 0 Å². The average molecular weight is 629 g/mol. The van der Waals surface area contributed by atoms with Crippen LogP contribution in [0.15, 0.2) is 150 Å². The Morgan fingerprint density at radius 3 is 1.45 bits per heavy atom. The van der Waals surface area contributed by atoms with Crippen LogP contribution in [0.3, 0.4) is 0 Å². The maximum absolute atomic E-state index is 3.83. The van der Waals surface area contributed by atoms with Gasteiger partial charge in [0.1, 0.15) is 0 Å². The molecule has 0 heterocycles. The molecule has 0 aliphatic rings. The summed E-state index contributed by atoms with van der Waals surface area (Å²) in [5.74, 6) is 0. The van der Waals surface area contributed by atoms with Gasteiger partial charge in [0.15, 0.2) is 0 Å². The van der Waals surface area contributed by atoms with Crippen LogP contribution < -0.4 is 4.90 Å². The summed E-state index contributed by atoms with van der Waals surface area (Å²) >= 11 is 3.83. The molecule has 2 heteroatoms. The molecule has 0 atom stereocenters. The van der Waals surface area contributed by atoms with Gasteiger partial charge in [0.25, 0.3) is 0 Å². The number of nitrogens with zero attached hydrogens (tertiary/aromatic N) is 1. The smallest absolute Gasteiger partial charge is 0.0540 e. The fourth-order valence-corrected chi connectivity index (χ4v) is 7.12. The minimum Gasteiger partial charge on any atom is -0.309 e. The van der Waals surface area contributed by atoms with Gasteiger partial charge in [-0.15, -0.1) is 0 Å². The lowest BCUT2D eigenvalue weighted by Gasteiger charge is -2.31. The van der Waals surface area contributed by atoms with E-state index in [-0.39, 0.29) is 0 Å². The van der Waals surface area contributed by atoms with Crippen LogP contribution in [0.2, 0.25) is 0 Å². The first-order valence-corrected chi connectivity index (χ1v) is 15.8. The van der Waals surface area contributed by atoms with Crippen molar-refractivity contribution >= 4 is 65.3 Å². The van der Waals surface area contributed by atoms with Gasteiger partial charge in [-0.05, 0) is 98.4 Å². The number of hydrogen-bond donors (Lipinski definition) is 0. The summed E-state index contributed by atoms with van der Waals surface area (Å²) in [6, 6.07) is 53.1. The Kier molecular flexibility index (Phi) is 6.47. The van der Waals surface area contributed by atoms with Gasteiger partial charge in [-0.1, -0.05) is 137 Å². The highest BCUT2D eigenvalue weighted by atomic mass is 79.9. The first kappa shape index (κ1) is 26.7. The van der Waals surface area contributed by atoms with Crippen molar-refractivity contribution in [2.24, 2.45) is 0 Å². The molecule has 0 spiro atoms. The Morgan fingerprint density at radius 2 is 0.886 bits per heavy atom. The maximum atomic E-state index is 3.83. The fourth-order valence-electron chi connectivity index (χ4n) is 6.66. The molecule has 0 aromatic heterocycles.